The molecule has 3 heterocycles. The Morgan fingerprint density at radius 3 is 2.63 bits per heavy atom. The van der Waals surface area contributed by atoms with E-state index in [2.05, 4.69) is 11.1 Å². The number of Topliss-reactive ketones (excluding diaryl/α,β-unsaturated/α-hetero) is 1. The first kappa shape index (κ1) is 26.6. The number of nitriles is 1. The minimum atomic E-state index is -0.850. The number of hydrogen-bond acceptors (Lipinski definition) is 7. The van der Waals surface area contributed by atoms with Gasteiger partial charge in [0, 0.05) is 54.7 Å². The van der Waals surface area contributed by atoms with Gasteiger partial charge in [0.1, 0.15) is 17.1 Å². The summed E-state index contributed by atoms with van der Waals surface area (Å²) in [5.41, 5.74) is 7.26. The quantitative estimate of drug-likeness (QED) is 0.330. The Morgan fingerprint density at radius 1 is 1.16 bits per heavy atom. The summed E-state index contributed by atoms with van der Waals surface area (Å²) < 4.78 is 13.7. The fraction of sp³-hybridized carbons (Fsp3) is 0.222. The van der Waals surface area contributed by atoms with Crippen molar-refractivity contribution in [3.63, 3.8) is 0 Å². The topological polar surface area (TPSA) is 142 Å². The third-order valence-electron chi connectivity index (χ3n) is 6.11. The Labute approximate surface area is 222 Å². The van der Waals surface area contributed by atoms with Gasteiger partial charge in [0.2, 0.25) is 0 Å². The maximum absolute atomic E-state index is 13.5. The molecule has 4 aromatic rings. The Kier molecular flexibility index (Phi) is 7.90. The average molecular weight is 534 g/mol. The van der Waals surface area contributed by atoms with Gasteiger partial charge in [-0.1, -0.05) is 11.6 Å². The minimum Gasteiger partial charge on any atom is -0.495 e. The molecule has 10 nitrogen and oxygen atoms in total. The summed E-state index contributed by atoms with van der Waals surface area (Å²) >= 11 is 6.15. The number of benzene rings is 1. The lowest BCUT2D eigenvalue weighted by molar-refractivity contribution is -0.122. The number of rotatable bonds is 10. The van der Waals surface area contributed by atoms with Crippen LogP contribution in [0.1, 0.15) is 34.1 Å². The number of carbonyl (C=O) groups excluding carboxylic acids is 2. The molecule has 0 fully saturated rings. The number of nitrogens with zero attached hydrogens (tertiary/aromatic N) is 4. The minimum absolute atomic E-state index is 0.00697. The van der Waals surface area contributed by atoms with Crippen LogP contribution in [0.3, 0.4) is 0 Å². The van der Waals surface area contributed by atoms with Crippen molar-refractivity contribution in [2.24, 2.45) is 5.73 Å². The lowest BCUT2D eigenvalue weighted by Crippen LogP contribution is -2.31. The largest absolute Gasteiger partial charge is 0.495 e. The van der Waals surface area contributed by atoms with Crippen LogP contribution < -0.4 is 16.0 Å². The van der Waals surface area contributed by atoms with Crippen molar-refractivity contribution in [3.8, 4) is 22.9 Å². The molecule has 11 heteroatoms. The van der Waals surface area contributed by atoms with Crippen molar-refractivity contribution < 1.29 is 19.1 Å². The lowest BCUT2D eigenvalue weighted by Gasteiger charge is -2.21. The number of pyridine rings is 2. The van der Waals surface area contributed by atoms with Crippen molar-refractivity contribution in [3.05, 3.63) is 87.2 Å². The highest BCUT2D eigenvalue weighted by Gasteiger charge is 2.24. The van der Waals surface area contributed by atoms with Crippen molar-refractivity contribution in [1.29, 1.82) is 5.26 Å². The predicted molar refractivity (Wildman–Crippen MR) is 140 cm³/mol. The van der Waals surface area contributed by atoms with Gasteiger partial charge >= 0.3 is 0 Å². The third-order valence-corrected chi connectivity index (χ3v) is 6.35. The molecule has 2 N–H and O–H groups in total. The second-order valence-corrected chi connectivity index (χ2v) is 8.97. The Bertz CT molecular complexity index is 1640. The summed E-state index contributed by atoms with van der Waals surface area (Å²) in [5, 5.41) is 9.95. The smallest absolute Gasteiger partial charge is 0.268 e. The highest BCUT2D eigenvalue weighted by Crippen LogP contribution is 2.33. The van der Waals surface area contributed by atoms with Crippen molar-refractivity contribution in [1.82, 2.24) is 14.0 Å². The van der Waals surface area contributed by atoms with E-state index in [9.17, 15) is 19.6 Å². The Hall–Kier alpha value is -4.46. The first-order chi connectivity index (χ1) is 18.2. The van der Waals surface area contributed by atoms with E-state index < -0.39 is 17.5 Å². The molecule has 194 valence electrons. The van der Waals surface area contributed by atoms with E-state index in [0.717, 1.165) is 0 Å². The number of carbonyl (C=O) groups is 2. The van der Waals surface area contributed by atoms with Gasteiger partial charge in [-0.15, -0.1) is 0 Å². The fourth-order valence-electron chi connectivity index (χ4n) is 4.24. The number of nitrogens with two attached hydrogens (primary N) is 1. The van der Waals surface area contributed by atoms with Gasteiger partial charge in [-0.3, -0.25) is 14.4 Å². The molecule has 1 aromatic carbocycles. The lowest BCUT2D eigenvalue weighted by atomic mass is 9.99. The van der Waals surface area contributed by atoms with Gasteiger partial charge in [0.15, 0.2) is 5.78 Å². The number of fused-ring (bicyclic) bond motifs is 1. The van der Waals surface area contributed by atoms with Crippen molar-refractivity contribution in [2.45, 2.75) is 18.9 Å². The van der Waals surface area contributed by atoms with E-state index >= 15 is 0 Å². The molecule has 1 amide bonds. The predicted octanol–water partition coefficient (Wildman–Crippen LogP) is 3.18. The molecule has 0 saturated heterocycles. The maximum atomic E-state index is 13.5. The first-order valence-electron chi connectivity index (χ1n) is 11.5. The maximum Gasteiger partial charge on any atom is 0.268 e. The SMILES string of the molecule is COCCC(C(=O)Cc1ccn2cc(C(N)=O)nc2c1)n1cc(OC)c(-c2cc(Cl)ccc2C#N)cc1=O. The van der Waals surface area contributed by atoms with Crippen LogP contribution in [-0.4, -0.2) is 46.5 Å². The Morgan fingerprint density at radius 2 is 1.95 bits per heavy atom. The van der Waals surface area contributed by atoms with Crippen LogP contribution in [0, 0.1) is 11.3 Å². The van der Waals surface area contributed by atoms with Crippen LogP contribution >= 0.6 is 11.6 Å². The molecule has 0 radical (unpaired) electrons. The summed E-state index contributed by atoms with van der Waals surface area (Å²) in [5.74, 6) is -0.579. The van der Waals surface area contributed by atoms with Crippen LogP contribution in [0.2, 0.25) is 5.02 Å². The van der Waals surface area contributed by atoms with Crippen molar-refractivity contribution in [2.75, 3.05) is 20.8 Å². The molecule has 0 aliphatic rings. The van der Waals surface area contributed by atoms with E-state index in [1.54, 1.807) is 40.9 Å². The molecule has 0 aliphatic heterocycles. The second-order valence-electron chi connectivity index (χ2n) is 8.53. The van der Waals surface area contributed by atoms with Crippen LogP contribution in [-0.2, 0) is 16.0 Å². The molecule has 4 rings (SSSR count). The van der Waals surface area contributed by atoms with Crippen LogP contribution in [0.5, 0.6) is 5.75 Å². The monoisotopic (exact) mass is 533 g/mol. The number of amides is 1. The van der Waals surface area contributed by atoms with Crippen molar-refractivity contribution >= 4 is 28.9 Å². The zero-order chi connectivity index (χ0) is 27.4. The molecule has 38 heavy (non-hydrogen) atoms. The number of hydrogen-bond donors (Lipinski definition) is 1. The summed E-state index contributed by atoms with van der Waals surface area (Å²) in [4.78, 5) is 42.4. The zero-order valence-corrected chi connectivity index (χ0v) is 21.4. The normalized spacial score (nSPS) is 11.7. The number of methoxy groups -OCH3 is 2. The molecular weight excluding hydrogens is 510 g/mol. The number of aromatic nitrogens is 3. The number of halogens is 1. The Balaban J connectivity index is 1.72. The second kappa shape index (κ2) is 11.3. The van der Waals surface area contributed by atoms with Gasteiger partial charge in [-0.25, -0.2) is 4.98 Å². The molecular formula is C27H24ClN5O5. The van der Waals surface area contributed by atoms with Gasteiger partial charge in [0.25, 0.3) is 11.5 Å². The van der Waals surface area contributed by atoms with E-state index in [1.165, 1.54) is 37.2 Å². The third kappa shape index (κ3) is 5.44. The van der Waals surface area contributed by atoms with E-state index in [4.69, 9.17) is 26.8 Å². The molecule has 0 spiro atoms. The van der Waals surface area contributed by atoms with E-state index in [0.29, 0.717) is 38.7 Å². The molecule has 3 aromatic heterocycles. The van der Waals surface area contributed by atoms with E-state index in [1.807, 2.05) is 0 Å². The fourth-order valence-corrected chi connectivity index (χ4v) is 4.41. The number of primary amides is 1. The standard InChI is InChI=1S/C27H24ClN5O5/c1-37-8-6-22(23(34)9-16-5-7-32-14-21(27(30)36)31-25(32)10-16)33-15-24(38-2)20(12-26(33)35)19-11-18(28)4-3-17(19)13-29/h3-5,7,10-12,14-15,22H,6,8-9H2,1-2H3,(H2,30,36). The number of ether oxygens (including phenoxy) is 2. The molecule has 1 unspecified atom stereocenters. The molecule has 0 bridgehead atoms. The number of ketones is 1. The molecule has 0 saturated carbocycles. The van der Waals surface area contributed by atoms with E-state index in [-0.39, 0.29) is 30.9 Å². The summed E-state index contributed by atoms with van der Waals surface area (Å²) in [6, 6.07) is 10.7. The van der Waals surface area contributed by atoms with Gasteiger partial charge in [-0.2, -0.15) is 5.26 Å². The van der Waals surface area contributed by atoms with Crippen LogP contribution in [0.15, 0.2) is 59.8 Å². The first-order valence-corrected chi connectivity index (χ1v) is 11.9. The van der Waals surface area contributed by atoms with Crippen LogP contribution in [0.25, 0.3) is 16.8 Å². The molecule has 1 atom stereocenters. The highest BCUT2D eigenvalue weighted by molar-refractivity contribution is 6.31. The number of imidazole rings is 1. The summed E-state index contributed by atoms with van der Waals surface area (Å²) in [7, 11) is 2.95. The average Bonchev–Trinajstić information content (AvgIpc) is 3.33. The summed E-state index contributed by atoms with van der Waals surface area (Å²) in [6.45, 7) is 0.237. The van der Waals surface area contributed by atoms with Gasteiger partial charge in [-0.05, 0) is 42.3 Å². The van der Waals surface area contributed by atoms with Gasteiger partial charge < -0.3 is 24.2 Å². The zero-order valence-electron chi connectivity index (χ0n) is 20.7. The van der Waals surface area contributed by atoms with Crippen LogP contribution in [0.4, 0.5) is 0 Å². The van der Waals surface area contributed by atoms with Gasteiger partial charge in [0.05, 0.1) is 31.0 Å². The summed E-state index contributed by atoms with van der Waals surface area (Å²) in [6.07, 6.45) is 4.91. The molecule has 0 aliphatic carbocycles. The highest BCUT2D eigenvalue weighted by atomic mass is 35.5.